The third-order valence-corrected chi connectivity index (χ3v) is 12.5. The Morgan fingerprint density at radius 3 is 2.30 bits per heavy atom. The van der Waals surface area contributed by atoms with Crippen LogP contribution in [0.5, 0.6) is 0 Å². The van der Waals surface area contributed by atoms with E-state index in [0.29, 0.717) is 35.7 Å². The highest BCUT2D eigenvalue weighted by Gasteiger charge is 2.39. The molecule has 3 aromatic heterocycles. The topological polar surface area (TPSA) is 129 Å². The minimum Gasteiger partial charge on any atom is -0.371 e. The zero-order valence-electron chi connectivity index (χ0n) is 31.2. The van der Waals surface area contributed by atoms with E-state index in [9.17, 15) is 14.4 Å². The van der Waals surface area contributed by atoms with Gasteiger partial charge in [-0.1, -0.05) is 31.0 Å². The van der Waals surface area contributed by atoms with Crippen LogP contribution in [0.1, 0.15) is 111 Å². The van der Waals surface area contributed by atoms with Gasteiger partial charge >= 0.3 is 0 Å². The number of anilines is 3. The lowest BCUT2D eigenvalue weighted by atomic mass is 9.71. The first-order chi connectivity index (χ1) is 25.7. The maximum absolute atomic E-state index is 13.1. The molecule has 4 fully saturated rings. The van der Waals surface area contributed by atoms with E-state index in [-0.39, 0.29) is 35.7 Å². The first kappa shape index (κ1) is 35.2. The number of nitrogens with one attached hydrogen (secondary N) is 2. The Morgan fingerprint density at radius 1 is 0.925 bits per heavy atom. The molecule has 12 heteroatoms. The van der Waals surface area contributed by atoms with E-state index in [1.165, 1.54) is 36.9 Å². The van der Waals surface area contributed by atoms with E-state index in [0.717, 1.165) is 68.5 Å². The first-order valence-corrected chi connectivity index (χ1v) is 19.4. The standard InChI is InChI=1S/C41H51N9O3/c1-27(48-20-16-41(17-21-48)18-22-49(23-19-41)31-11-8-28(9-12-31)33-13-15-36(51)45-38(33)52)29-10-14-35(42-25-29)44-40-43-26-30-24-34(39(53)47(2)3)50(37(30)46-40)32-6-4-5-7-32/h8-12,14,24-27,32-33H,4-7,13,15-23H2,1-3H3,(H,45,51,52)(H,42,43,44,46)/t27-,33-/m1/s1. The fourth-order valence-electron chi connectivity index (χ4n) is 9.10. The minimum atomic E-state index is -0.239. The molecule has 1 aromatic carbocycles. The lowest BCUT2D eigenvalue weighted by Crippen LogP contribution is -2.47. The molecule has 0 radical (unpaired) electrons. The Hall–Kier alpha value is -4.84. The van der Waals surface area contributed by atoms with Gasteiger partial charge in [0.2, 0.25) is 17.8 Å². The summed E-state index contributed by atoms with van der Waals surface area (Å²) in [6, 6.07) is 15.0. The van der Waals surface area contributed by atoms with Gasteiger partial charge in [0.1, 0.15) is 17.2 Å². The van der Waals surface area contributed by atoms with Crippen molar-refractivity contribution in [2.24, 2.45) is 5.41 Å². The van der Waals surface area contributed by atoms with E-state index in [1.54, 1.807) is 25.2 Å². The fourth-order valence-corrected chi connectivity index (χ4v) is 9.10. The van der Waals surface area contributed by atoms with Crippen molar-refractivity contribution >= 4 is 46.2 Å². The largest absolute Gasteiger partial charge is 0.371 e. The summed E-state index contributed by atoms with van der Waals surface area (Å²) in [5, 5.41) is 6.66. The highest BCUT2D eigenvalue weighted by molar-refractivity contribution is 6.01. The number of fused-ring (bicyclic) bond motifs is 1. The molecule has 3 saturated heterocycles. The predicted molar refractivity (Wildman–Crippen MR) is 205 cm³/mol. The summed E-state index contributed by atoms with van der Waals surface area (Å²) >= 11 is 0. The van der Waals surface area contributed by atoms with Gasteiger partial charge in [-0.15, -0.1) is 0 Å². The van der Waals surface area contributed by atoms with Crippen molar-refractivity contribution < 1.29 is 14.4 Å². The molecule has 1 saturated carbocycles. The number of imide groups is 1. The molecule has 12 nitrogen and oxygen atoms in total. The molecule has 4 aliphatic rings. The van der Waals surface area contributed by atoms with Crippen LogP contribution in [0.15, 0.2) is 54.9 Å². The summed E-state index contributed by atoms with van der Waals surface area (Å²) < 4.78 is 2.13. The van der Waals surface area contributed by atoms with Crippen LogP contribution >= 0.6 is 0 Å². The average molecular weight is 718 g/mol. The molecule has 0 unspecified atom stereocenters. The number of hydrogen-bond donors (Lipinski definition) is 2. The summed E-state index contributed by atoms with van der Waals surface area (Å²) in [6.45, 7) is 6.53. The monoisotopic (exact) mass is 717 g/mol. The van der Waals surface area contributed by atoms with E-state index in [2.05, 4.69) is 67.2 Å². The van der Waals surface area contributed by atoms with E-state index in [4.69, 9.17) is 9.97 Å². The van der Waals surface area contributed by atoms with Crippen LogP contribution in [0, 0.1) is 5.41 Å². The number of rotatable bonds is 8. The Bertz CT molecular complexity index is 1970. The molecule has 53 heavy (non-hydrogen) atoms. The maximum Gasteiger partial charge on any atom is 0.270 e. The number of amides is 3. The molecule has 6 heterocycles. The number of hydrogen-bond acceptors (Lipinski definition) is 9. The summed E-state index contributed by atoms with van der Waals surface area (Å²) in [6.07, 6.45) is 14.0. The Morgan fingerprint density at radius 2 is 1.64 bits per heavy atom. The molecule has 2 atom stereocenters. The van der Waals surface area contributed by atoms with Gasteiger partial charge in [0.25, 0.3) is 5.91 Å². The number of carbonyl (C=O) groups is 3. The number of likely N-dealkylation sites (tertiary alicyclic amines) is 1. The normalized spacial score (nSPS) is 21.6. The van der Waals surface area contributed by atoms with Gasteiger partial charge in [-0.2, -0.15) is 4.98 Å². The number of nitrogens with zero attached hydrogens (tertiary/aromatic N) is 7. The van der Waals surface area contributed by atoms with Crippen molar-refractivity contribution in [3.05, 3.63) is 71.7 Å². The summed E-state index contributed by atoms with van der Waals surface area (Å²) in [7, 11) is 3.58. The van der Waals surface area contributed by atoms with Gasteiger partial charge in [-0.3, -0.25) is 24.6 Å². The van der Waals surface area contributed by atoms with Crippen LogP contribution in [-0.4, -0.2) is 87.3 Å². The number of benzene rings is 1. The van der Waals surface area contributed by atoms with Gasteiger partial charge in [0.15, 0.2) is 0 Å². The number of carbonyl (C=O) groups excluding carboxylic acids is 3. The molecular formula is C41H51N9O3. The van der Waals surface area contributed by atoms with Crippen molar-refractivity contribution in [3.63, 3.8) is 0 Å². The molecule has 8 rings (SSSR count). The second-order valence-corrected chi connectivity index (χ2v) is 15.9. The third-order valence-electron chi connectivity index (χ3n) is 12.5. The summed E-state index contributed by atoms with van der Waals surface area (Å²) in [4.78, 5) is 57.9. The van der Waals surface area contributed by atoms with Crippen LogP contribution in [0.25, 0.3) is 11.0 Å². The fraction of sp³-hybridized carbons (Fsp3) is 0.512. The Balaban J connectivity index is 0.856. The highest BCUT2D eigenvalue weighted by Crippen LogP contribution is 2.44. The van der Waals surface area contributed by atoms with Gasteiger partial charge in [-0.05, 0) is 106 Å². The lowest BCUT2D eigenvalue weighted by Gasteiger charge is -2.48. The van der Waals surface area contributed by atoms with Crippen LogP contribution < -0.4 is 15.5 Å². The number of piperidine rings is 3. The SMILES string of the molecule is C[C@H](c1ccc(Nc2ncc3cc(C(=O)N(C)C)n(C4CCCC4)c3n2)nc1)N1CCC2(CCN(c3ccc([C@H]4CCC(=O)NC4=O)cc3)CC2)CC1. The number of pyridine rings is 1. The van der Waals surface area contributed by atoms with Crippen LogP contribution in [0.2, 0.25) is 0 Å². The van der Waals surface area contributed by atoms with Crippen LogP contribution in [0.4, 0.5) is 17.5 Å². The smallest absolute Gasteiger partial charge is 0.270 e. The van der Waals surface area contributed by atoms with Gasteiger partial charge in [0, 0.05) is 69.2 Å². The van der Waals surface area contributed by atoms with Crippen LogP contribution in [-0.2, 0) is 9.59 Å². The average Bonchev–Trinajstić information content (AvgIpc) is 3.84. The molecule has 3 aliphatic heterocycles. The molecule has 4 aromatic rings. The summed E-state index contributed by atoms with van der Waals surface area (Å²) in [5.74, 6) is 0.559. The lowest BCUT2D eigenvalue weighted by molar-refractivity contribution is -0.134. The van der Waals surface area contributed by atoms with Gasteiger partial charge in [0.05, 0.1) is 5.92 Å². The first-order valence-electron chi connectivity index (χ1n) is 19.4. The van der Waals surface area contributed by atoms with Crippen molar-refractivity contribution in [1.29, 1.82) is 0 Å². The zero-order valence-corrected chi connectivity index (χ0v) is 31.2. The van der Waals surface area contributed by atoms with Gasteiger partial charge < -0.3 is 19.7 Å². The van der Waals surface area contributed by atoms with Crippen LogP contribution in [0.3, 0.4) is 0 Å². The number of aromatic nitrogens is 4. The van der Waals surface area contributed by atoms with Crippen molar-refractivity contribution in [2.75, 3.05) is 50.5 Å². The highest BCUT2D eigenvalue weighted by atomic mass is 16.2. The molecule has 2 N–H and O–H groups in total. The Labute approximate surface area is 311 Å². The Kier molecular flexibility index (Phi) is 9.65. The molecule has 1 aliphatic carbocycles. The predicted octanol–water partition coefficient (Wildman–Crippen LogP) is 6.35. The zero-order chi connectivity index (χ0) is 36.7. The molecular weight excluding hydrogens is 667 g/mol. The van der Waals surface area contributed by atoms with E-state index >= 15 is 0 Å². The molecule has 278 valence electrons. The minimum absolute atomic E-state index is 0.0160. The second kappa shape index (κ2) is 14.5. The van der Waals surface area contributed by atoms with Gasteiger partial charge in [-0.25, -0.2) is 9.97 Å². The van der Waals surface area contributed by atoms with E-state index in [1.807, 2.05) is 18.3 Å². The van der Waals surface area contributed by atoms with Crippen molar-refractivity contribution in [1.82, 2.24) is 34.6 Å². The quantitative estimate of drug-likeness (QED) is 0.201. The van der Waals surface area contributed by atoms with Crippen molar-refractivity contribution in [3.8, 4) is 0 Å². The van der Waals surface area contributed by atoms with E-state index < -0.39 is 0 Å². The third kappa shape index (κ3) is 7.13. The molecule has 3 amide bonds. The summed E-state index contributed by atoms with van der Waals surface area (Å²) in [5.41, 5.74) is 5.25. The molecule has 0 bridgehead atoms. The van der Waals surface area contributed by atoms with Crippen molar-refractivity contribution in [2.45, 2.75) is 89.1 Å². The second-order valence-electron chi connectivity index (χ2n) is 15.9. The molecule has 1 spiro atoms. The maximum atomic E-state index is 13.1.